The molecule has 408 valence electrons. The zero-order valence-electron chi connectivity index (χ0n) is 46.6. The van der Waals surface area contributed by atoms with Crippen molar-refractivity contribution >= 4 is 11.9 Å². The molecule has 6 heteroatoms. The van der Waals surface area contributed by atoms with Gasteiger partial charge in [0.05, 0.1) is 25.4 Å². The van der Waals surface area contributed by atoms with Crippen LogP contribution < -0.4 is 5.32 Å². The van der Waals surface area contributed by atoms with Crippen LogP contribution >= 0.6 is 0 Å². The summed E-state index contributed by atoms with van der Waals surface area (Å²) in [5, 5.41) is 23.3. The molecule has 0 heterocycles. The predicted molar refractivity (Wildman–Crippen MR) is 301 cm³/mol. The third-order valence-corrected chi connectivity index (χ3v) is 14.5. The lowest BCUT2D eigenvalue weighted by Gasteiger charge is -2.22. The lowest BCUT2D eigenvalue weighted by Crippen LogP contribution is -2.45. The molecule has 0 bridgehead atoms. The lowest BCUT2D eigenvalue weighted by molar-refractivity contribution is -0.143. The number of ether oxygens (including phenoxy) is 1. The standard InChI is InChI=1S/C63H121NO5/c1-3-5-7-9-11-13-15-17-28-31-35-39-43-47-51-55-61(66)60(59-65)64-62(67)56-52-48-44-40-36-32-29-26-24-22-20-19-21-23-25-27-30-34-38-42-46-50-54-58-69-63(68)57-53-49-45-41-37-33-18-16-14-12-10-8-6-4-2/h10,12,16,18,60-61,65-66H,3-9,11,13-15,17,19-59H2,1-2H3,(H,64,67)/b12-10-,18-16-. The summed E-state index contributed by atoms with van der Waals surface area (Å²) in [6.45, 7) is 4.93. The van der Waals surface area contributed by atoms with Crippen LogP contribution in [0.15, 0.2) is 24.3 Å². The molecular weight excluding hydrogens is 851 g/mol. The third kappa shape index (κ3) is 55.5. The predicted octanol–water partition coefficient (Wildman–Crippen LogP) is 19.4. The first kappa shape index (κ1) is 67.3. The zero-order valence-corrected chi connectivity index (χ0v) is 46.6. The van der Waals surface area contributed by atoms with E-state index in [0.29, 0.717) is 25.9 Å². The van der Waals surface area contributed by atoms with E-state index in [0.717, 1.165) is 51.4 Å². The molecule has 0 aliphatic heterocycles. The van der Waals surface area contributed by atoms with Crippen molar-refractivity contribution in [2.24, 2.45) is 0 Å². The number of allylic oxidation sites excluding steroid dienone is 4. The summed E-state index contributed by atoms with van der Waals surface area (Å²) in [6.07, 6.45) is 71.8. The molecule has 0 aromatic carbocycles. The Balaban J connectivity index is 3.37. The van der Waals surface area contributed by atoms with Crippen LogP contribution in [-0.4, -0.2) is 47.4 Å². The Hall–Kier alpha value is -1.66. The molecule has 3 N–H and O–H groups in total. The third-order valence-electron chi connectivity index (χ3n) is 14.5. The van der Waals surface area contributed by atoms with E-state index in [1.54, 1.807) is 0 Å². The van der Waals surface area contributed by atoms with E-state index in [2.05, 4.69) is 43.5 Å². The number of hydrogen-bond acceptors (Lipinski definition) is 5. The summed E-state index contributed by atoms with van der Waals surface area (Å²) >= 11 is 0. The van der Waals surface area contributed by atoms with E-state index in [9.17, 15) is 19.8 Å². The van der Waals surface area contributed by atoms with E-state index in [-0.39, 0.29) is 18.5 Å². The fourth-order valence-corrected chi connectivity index (χ4v) is 9.72. The van der Waals surface area contributed by atoms with Crippen LogP contribution in [0.25, 0.3) is 0 Å². The Kier molecular flexibility index (Phi) is 57.5. The number of nitrogens with one attached hydrogen (secondary N) is 1. The number of unbranched alkanes of at least 4 members (excludes halogenated alkanes) is 43. The van der Waals surface area contributed by atoms with Gasteiger partial charge >= 0.3 is 5.97 Å². The molecule has 0 rings (SSSR count). The molecule has 0 aromatic rings. The maximum absolute atomic E-state index is 12.5. The molecular formula is C63H121NO5. The van der Waals surface area contributed by atoms with Gasteiger partial charge < -0.3 is 20.3 Å². The van der Waals surface area contributed by atoms with Gasteiger partial charge in [-0.2, -0.15) is 0 Å². The zero-order chi connectivity index (χ0) is 50.0. The molecule has 2 unspecified atom stereocenters. The van der Waals surface area contributed by atoms with Crippen molar-refractivity contribution in [3.05, 3.63) is 24.3 Å². The maximum atomic E-state index is 12.5. The van der Waals surface area contributed by atoms with Gasteiger partial charge in [-0.1, -0.05) is 301 Å². The van der Waals surface area contributed by atoms with Crippen molar-refractivity contribution in [3.8, 4) is 0 Å². The second-order valence-electron chi connectivity index (χ2n) is 21.4. The summed E-state index contributed by atoms with van der Waals surface area (Å²) in [7, 11) is 0. The molecule has 0 spiro atoms. The summed E-state index contributed by atoms with van der Waals surface area (Å²) in [6, 6.07) is -0.541. The number of carbonyl (C=O) groups excluding carboxylic acids is 2. The van der Waals surface area contributed by atoms with Crippen LogP contribution in [0.4, 0.5) is 0 Å². The van der Waals surface area contributed by atoms with Gasteiger partial charge in [-0.15, -0.1) is 0 Å². The molecule has 0 aliphatic rings. The largest absolute Gasteiger partial charge is 0.466 e. The van der Waals surface area contributed by atoms with Crippen LogP contribution in [0.3, 0.4) is 0 Å². The number of aliphatic hydroxyl groups is 2. The fraction of sp³-hybridized carbons (Fsp3) is 0.905. The van der Waals surface area contributed by atoms with Gasteiger partial charge in [0.1, 0.15) is 0 Å². The summed E-state index contributed by atoms with van der Waals surface area (Å²) in [5.41, 5.74) is 0. The van der Waals surface area contributed by atoms with Gasteiger partial charge in [-0.25, -0.2) is 0 Å². The van der Waals surface area contributed by atoms with Crippen molar-refractivity contribution < 1.29 is 24.5 Å². The molecule has 69 heavy (non-hydrogen) atoms. The van der Waals surface area contributed by atoms with Crippen LogP contribution in [-0.2, 0) is 14.3 Å². The topological polar surface area (TPSA) is 95.9 Å². The van der Waals surface area contributed by atoms with Crippen molar-refractivity contribution in [1.82, 2.24) is 5.32 Å². The SMILES string of the molecule is CCCC/C=C\C/C=C\CCCCCCCC(=O)OCCCCCCCCCCCCCCCCCCCCCCCCCC(=O)NC(CO)C(O)CCCCCCCCCCCCCCCCC. The molecule has 6 nitrogen and oxygen atoms in total. The Labute approximate surface area is 431 Å². The number of esters is 1. The van der Waals surface area contributed by atoms with Crippen molar-refractivity contribution in [3.63, 3.8) is 0 Å². The molecule has 0 aliphatic carbocycles. The average Bonchev–Trinajstić information content (AvgIpc) is 3.35. The molecule has 0 fully saturated rings. The Morgan fingerprint density at radius 1 is 0.406 bits per heavy atom. The first-order valence-corrected chi connectivity index (χ1v) is 31.1. The van der Waals surface area contributed by atoms with Gasteiger partial charge in [0.2, 0.25) is 5.91 Å². The average molecular weight is 973 g/mol. The minimum Gasteiger partial charge on any atom is -0.466 e. The molecule has 0 saturated carbocycles. The second kappa shape index (κ2) is 58.9. The number of amides is 1. The highest BCUT2D eigenvalue weighted by Gasteiger charge is 2.20. The van der Waals surface area contributed by atoms with Gasteiger partial charge in [-0.3, -0.25) is 9.59 Å². The number of rotatable bonds is 58. The minimum atomic E-state index is -0.663. The molecule has 0 radical (unpaired) electrons. The number of carbonyl (C=O) groups is 2. The fourth-order valence-electron chi connectivity index (χ4n) is 9.72. The Bertz CT molecular complexity index is 1080. The van der Waals surface area contributed by atoms with Crippen molar-refractivity contribution in [2.75, 3.05) is 13.2 Å². The van der Waals surface area contributed by atoms with E-state index < -0.39 is 12.1 Å². The Morgan fingerprint density at radius 3 is 1.14 bits per heavy atom. The highest BCUT2D eigenvalue weighted by molar-refractivity contribution is 5.76. The normalized spacial score (nSPS) is 12.7. The number of hydrogen-bond donors (Lipinski definition) is 3. The molecule has 0 saturated heterocycles. The van der Waals surface area contributed by atoms with Crippen LogP contribution in [0.2, 0.25) is 0 Å². The quantitative estimate of drug-likeness (QED) is 0.0321. The lowest BCUT2D eigenvalue weighted by atomic mass is 10.0. The van der Waals surface area contributed by atoms with Crippen molar-refractivity contribution in [2.45, 2.75) is 353 Å². The monoisotopic (exact) mass is 972 g/mol. The first-order chi connectivity index (χ1) is 34.0. The molecule has 0 aromatic heterocycles. The summed E-state index contributed by atoms with van der Waals surface area (Å²) in [5.74, 6) is -0.0325. The molecule has 1 amide bonds. The molecule has 2 atom stereocenters. The van der Waals surface area contributed by atoms with Crippen LogP contribution in [0, 0.1) is 0 Å². The van der Waals surface area contributed by atoms with Gasteiger partial charge in [0.25, 0.3) is 0 Å². The maximum Gasteiger partial charge on any atom is 0.305 e. The van der Waals surface area contributed by atoms with E-state index >= 15 is 0 Å². The van der Waals surface area contributed by atoms with E-state index in [4.69, 9.17) is 4.74 Å². The number of aliphatic hydroxyl groups excluding tert-OH is 2. The minimum absolute atomic E-state index is 0.000128. The summed E-state index contributed by atoms with van der Waals surface area (Å²) in [4.78, 5) is 24.5. The van der Waals surface area contributed by atoms with Crippen molar-refractivity contribution in [1.29, 1.82) is 0 Å². The van der Waals surface area contributed by atoms with E-state index in [1.807, 2.05) is 0 Å². The smallest absolute Gasteiger partial charge is 0.305 e. The Morgan fingerprint density at radius 2 is 0.739 bits per heavy atom. The van der Waals surface area contributed by atoms with E-state index in [1.165, 1.54) is 257 Å². The second-order valence-corrected chi connectivity index (χ2v) is 21.4. The van der Waals surface area contributed by atoms with Gasteiger partial charge in [0.15, 0.2) is 0 Å². The van der Waals surface area contributed by atoms with Gasteiger partial charge in [0, 0.05) is 12.8 Å². The summed E-state index contributed by atoms with van der Waals surface area (Å²) < 4.78 is 5.47. The first-order valence-electron chi connectivity index (χ1n) is 31.1. The van der Waals surface area contributed by atoms with Crippen LogP contribution in [0.5, 0.6) is 0 Å². The highest BCUT2D eigenvalue weighted by Crippen LogP contribution is 2.18. The highest BCUT2D eigenvalue weighted by atomic mass is 16.5. The van der Waals surface area contributed by atoms with Gasteiger partial charge in [-0.05, 0) is 51.4 Å². The van der Waals surface area contributed by atoms with Crippen LogP contribution in [0.1, 0.15) is 341 Å².